The first-order chi connectivity index (χ1) is 9.74. The molecular formula is C14H12N4OS. The van der Waals surface area contributed by atoms with Crippen LogP contribution in [0.5, 0.6) is 5.75 Å². The van der Waals surface area contributed by atoms with Crippen molar-refractivity contribution < 1.29 is 5.11 Å². The lowest BCUT2D eigenvalue weighted by molar-refractivity contribution is 0.475. The molecular weight excluding hydrogens is 272 g/mol. The van der Waals surface area contributed by atoms with Gasteiger partial charge in [-0.3, -0.25) is 14.6 Å². The Morgan fingerprint density at radius 3 is 2.70 bits per heavy atom. The average Bonchev–Trinajstić information content (AvgIpc) is 2.84. The lowest BCUT2D eigenvalue weighted by Gasteiger charge is -2.07. The number of aromatic amines is 1. The molecule has 0 fully saturated rings. The largest absolute Gasteiger partial charge is 0.508 e. The van der Waals surface area contributed by atoms with Crippen molar-refractivity contribution in [1.82, 2.24) is 19.7 Å². The predicted octanol–water partition coefficient (Wildman–Crippen LogP) is 2.76. The maximum atomic E-state index is 9.32. The number of H-pyrrole nitrogens is 1. The number of nitrogens with one attached hydrogen (secondary N) is 1. The standard InChI is InChI=1S/C14H12N4OS/c19-12-5-3-10(4-6-12)9-18-13(16-17-14(18)20)11-2-1-7-15-8-11/h1-8,19H,9H2,(H,17,20). The van der Waals surface area contributed by atoms with Crippen LogP contribution in [0.25, 0.3) is 11.4 Å². The molecule has 5 nitrogen and oxygen atoms in total. The summed E-state index contributed by atoms with van der Waals surface area (Å²) < 4.78 is 2.45. The van der Waals surface area contributed by atoms with Gasteiger partial charge in [-0.25, -0.2) is 0 Å². The molecule has 3 aromatic rings. The third-order valence-corrected chi connectivity index (χ3v) is 3.27. The monoisotopic (exact) mass is 284 g/mol. The van der Waals surface area contributed by atoms with E-state index < -0.39 is 0 Å². The first kappa shape index (κ1) is 12.6. The zero-order chi connectivity index (χ0) is 13.9. The highest BCUT2D eigenvalue weighted by molar-refractivity contribution is 7.71. The summed E-state index contributed by atoms with van der Waals surface area (Å²) in [6, 6.07) is 10.8. The SMILES string of the molecule is Oc1ccc(Cn2c(-c3cccnc3)n[nH]c2=S)cc1. The Bertz CT molecular complexity index is 762. The molecule has 0 saturated carbocycles. The maximum absolute atomic E-state index is 9.32. The molecule has 0 unspecified atom stereocenters. The molecule has 0 aliphatic rings. The van der Waals surface area contributed by atoms with Crippen LogP contribution in [0.2, 0.25) is 0 Å². The van der Waals surface area contributed by atoms with Crippen molar-refractivity contribution in [2.45, 2.75) is 6.54 Å². The second-order valence-electron chi connectivity index (χ2n) is 4.35. The molecule has 2 heterocycles. The smallest absolute Gasteiger partial charge is 0.195 e. The van der Waals surface area contributed by atoms with Gasteiger partial charge in [0, 0.05) is 18.0 Å². The molecule has 0 bridgehead atoms. The van der Waals surface area contributed by atoms with E-state index in [0.717, 1.165) is 17.0 Å². The van der Waals surface area contributed by atoms with E-state index in [4.69, 9.17) is 12.2 Å². The number of aromatic hydroxyl groups is 1. The molecule has 0 radical (unpaired) electrons. The number of benzene rings is 1. The van der Waals surface area contributed by atoms with E-state index in [9.17, 15) is 5.11 Å². The topological polar surface area (TPSA) is 66.7 Å². The summed E-state index contributed by atoms with van der Waals surface area (Å²) in [5.74, 6) is 0.994. The van der Waals surface area contributed by atoms with Gasteiger partial charge in [-0.1, -0.05) is 12.1 Å². The molecule has 100 valence electrons. The van der Waals surface area contributed by atoms with Crippen LogP contribution in [-0.2, 0) is 6.54 Å². The van der Waals surface area contributed by atoms with E-state index in [1.54, 1.807) is 24.5 Å². The minimum absolute atomic E-state index is 0.247. The van der Waals surface area contributed by atoms with Gasteiger partial charge in [0.1, 0.15) is 5.75 Å². The van der Waals surface area contributed by atoms with Gasteiger partial charge in [-0.2, -0.15) is 5.10 Å². The second-order valence-corrected chi connectivity index (χ2v) is 4.73. The Hall–Kier alpha value is -2.47. The van der Waals surface area contributed by atoms with E-state index >= 15 is 0 Å². The molecule has 6 heteroatoms. The van der Waals surface area contributed by atoms with Crippen molar-refractivity contribution in [3.63, 3.8) is 0 Å². The summed E-state index contributed by atoms with van der Waals surface area (Å²) in [5.41, 5.74) is 1.93. The van der Waals surface area contributed by atoms with Gasteiger partial charge < -0.3 is 5.11 Å². The molecule has 0 amide bonds. The van der Waals surface area contributed by atoms with Crippen LogP contribution >= 0.6 is 12.2 Å². The zero-order valence-corrected chi connectivity index (χ0v) is 11.3. The van der Waals surface area contributed by atoms with Gasteiger partial charge in [-0.15, -0.1) is 0 Å². The quantitative estimate of drug-likeness (QED) is 0.726. The van der Waals surface area contributed by atoms with Crippen LogP contribution < -0.4 is 0 Å². The zero-order valence-electron chi connectivity index (χ0n) is 10.5. The van der Waals surface area contributed by atoms with Crippen molar-refractivity contribution in [3.8, 4) is 17.1 Å². The van der Waals surface area contributed by atoms with Gasteiger partial charge in [0.25, 0.3) is 0 Å². The molecule has 20 heavy (non-hydrogen) atoms. The fraction of sp³-hybridized carbons (Fsp3) is 0.0714. The lowest BCUT2D eigenvalue weighted by atomic mass is 10.2. The van der Waals surface area contributed by atoms with Crippen LogP contribution in [0.1, 0.15) is 5.56 Å². The number of phenolic OH excluding ortho intramolecular Hbond substituents is 1. The van der Waals surface area contributed by atoms with Crippen molar-refractivity contribution in [1.29, 1.82) is 0 Å². The first-order valence-corrected chi connectivity index (χ1v) is 6.48. The highest BCUT2D eigenvalue weighted by atomic mass is 32.1. The van der Waals surface area contributed by atoms with E-state index in [2.05, 4.69) is 15.2 Å². The Morgan fingerprint density at radius 1 is 1.20 bits per heavy atom. The normalized spacial score (nSPS) is 10.6. The van der Waals surface area contributed by atoms with Gasteiger partial charge in [0.05, 0.1) is 6.54 Å². The van der Waals surface area contributed by atoms with Crippen LogP contribution in [0.3, 0.4) is 0 Å². The van der Waals surface area contributed by atoms with E-state index in [0.29, 0.717) is 11.3 Å². The number of nitrogens with zero attached hydrogens (tertiary/aromatic N) is 3. The number of phenols is 1. The molecule has 0 atom stereocenters. The molecule has 1 aromatic carbocycles. The fourth-order valence-corrected chi connectivity index (χ4v) is 2.16. The highest BCUT2D eigenvalue weighted by Crippen LogP contribution is 2.18. The van der Waals surface area contributed by atoms with E-state index in [-0.39, 0.29) is 5.75 Å². The van der Waals surface area contributed by atoms with Crippen LogP contribution in [-0.4, -0.2) is 24.9 Å². The summed E-state index contributed by atoms with van der Waals surface area (Å²) in [6.07, 6.45) is 3.47. The molecule has 0 aliphatic carbocycles. The highest BCUT2D eigenvalue weighted by Gasteiger charge is 2.09. The molecule has 2 N–H and O–H groups in total. The molecule has 3 rings (SSSR count). The number of aromatic nitrogens is 4. The number of hydrogen-bond donors (Lipinski definition) is 2. The van der Waals surface area contributed by atoms with Gasteiger partial charge in [0.2, 0.25) is 0 Å². The number of rotatable bonds is 3. The molecule has 0 spiro atoms. The minimum Gasteiger partial charge on any atom is -0.508 e. The molecule has 0 saturated heterocycles. The Kier molecular flexibility index (Phi) is 3.30. The lowest BCUT2D eigenvalue weighted by Crippen LogP contribution is -2.02. The summed E-state index contributed by atoms with van der Waals surface area (Å²) in [7, 11) is 0. The van der Waals surface area contributed by atoms with E-state index in [1.165, 1.54) is 0 Å². The van der Waals surface area contributed by atoms with Gasteiger partial charge in [0.15, 0.2) is 10.6 Å². The minimum atomic E-state index is 0.247. The van der Waals surface area contributed by atoms with Crippen molar-refractivity contribution in [3.05, 3.63) is 59.1 Å². The first-order valence-electron chi connectivity index (χ1n) is 6.07. The molecule has 2 aromatic heterocycles. The third kappa shape index (κ3) is 2.46. The number of hydrogen-bond acceptors (Lipinski definition) is 4. The van der Waals surface area contributed by atoms with Crippen LogP contribution in [0, 0.1) is 4.77 Å². The summed E-state index contributed by atoms with van der Waals surface area (Å²) in [6.45, 7) is 0.583. The summed E-state index contributed by atoms with van der Waals surface area (Å²) >= 11 is 5.27. The summed E-state index contributed by atoms with van der Waals surface area (Å²) in [4.78, 5) is 4.10. The van der Waals surface area contributed by atoms with Crippen molar-refractivity contribution in [2.75, 3.05) is 0 Å². The van der Waals surface area contributed by atoms with Crippen LogP contribution in [0.15, 0.2) is 48.8 Å². The van der Waals surface area contributed by atoms with Crippen molar-refractivity contribution in [2.24, 2.45) is 0 Å². The number of pyridine rings is 1. The average molecular weight is 284 g/mol. The fourth-order valence-electron chi connectivity index (χ4n) is 1.96. The third-order valence-electron chi connectivity index (χ3n) is 2.96. The summed E-state index contributed by atoms with van der Waals surface area (Å²) in [5, 5.41) is 16.4. The Balaban J connectivity index is 2.00. The predicted molar refractivity (Wildman–Crippen MR) is 77.9 cm³/mol. The Labute approximate surface area is 120 Å². The van der Waals surface area contributed by atoms with Gasteiger partial charge >= 0.3 is 0 Å². The van der Waals surface area contributed by atoms with Gasteiger partial charge in [-0.05, 0) is 42.0 Å². The van der Waals surface area contributed by atoms with Crippen LogP contribution in [0.4, 0.5) is 0 Å². The van der Waals surface area contributed by atoms with E-state index in [1.807, 2.05) is 28.8 Å². The van der Waals surface area contributed by atoms with Crippen molar-refractivity contribution >= 4 is 12.2 Å². The second kappa shape index (κ2) is 5.26. The molecule has 0 aliphatic heterocycles. The Morgan fingerprint density at radius 2 is 2.00 bits per heavy atom. The maximum Gasteiger partial charge on any atom is 0.195 e.